The summed E-state index contributed by atoms with van der Waals surface area (Å²) in [4.78, 5) is 35.6. The van der Waals surface area contributed by atoms with Gasteiger partial charge in [0.05, 0.1) is 41.0 Å². The highest BCUT2D eigenvalue weighted by molar-refractivity contribution is 6.42. The smallest absolute Gasteiger partial charge is 0.273 e. The van der Waals surface area contributed by atoms with Crippen LogP contribution in [0.1, 0.15) is 88.1 Å². The van der Waals surface area contributed by atoms with Gasteiger partial charge in [0.15, 0.2) is 0 Å². The number of benzene rings is 1. The van der Waals surface area contributed by atoms with E-state index in [0.29, 0.717) is 40.2 Å². The summed E-state index contributed by atoms with van der Waals surface area (Å²) in [6, 6.07) is 8.22. The molecule has 0 saturated heterocycles. The van der Waals surface area contributed by atoms with E-state index in [0.717, 1.165) is 22.5 Å². The summed E-state index contributed by atoms with van der Waals surface area (Å²) in [6.45, 7) is 4.39. The minimum Gasteiger partial charge on any atom is -0.394 e. The van der Waals surface area contributed by atoms with Crippen LogP contribution in [-0.2, 0) is 13.0 Å². The molecule has 3 atom stereocenters. The van der Waals surface area contributed by atoms with Crippen molar-refractivity contribution in [3.63, 3.8) is 0 Å². The molecule has 1 N–H and O–H groups in total. The molecule has 38 heavy (non-hydrogen) atoms. The number of nitrogens with zero attached hydrogens (tertiary/aromatic N) is 5. The van der Waals surface area contributed by atoms with Crippen molar-refractivity contribution in [2.24, 2.45) is 0 Å². The predicted octanol–water partition coefficient (Wildman–Crippen LogP) is 4.80. The van der Waals surface area contributed by atoms with Gasteiger partial charge >= 0.3 is 0 Å². The van der Waals surface area contributed by atoms with Crippen LogP contribution < -0.4 is 0 Å². The second-order valence-corrected chi connectivity index (χ2v) is 11.4. The second kappa shape index (κ2) is 9.67. The zero-order chi connectivity index (χ0) is 26.7. The number of aliphatic hydroxyl groups excluding tert-OH is 1. The Hall–Kier alpha value is -2.94. The van der Waals surface area contributed by atoms with E-state index in [1.807, 2.05) is 26.1 Å². The number of fused-ring (bicyclic) bond motifs is 3. The summed E-state index contributed by atoms with van der Waals surface area (Å²) in [7, 11) is 0. The number of pyridine rings is 1. The van der Waals surface area contributed by atoms with Crippen LogP contribution in [0.2, 0.25) is 10.0 Å². The van der Waals surface area contributed by atoms with Gasteiger partial charge in [0.2, 0.25) is 0 Å². The average molecular weight is 554 g/mol. The van der Waals surface area contributed by atoms with Crippen LogP contribution in [0.5, 0.6) is 0 Å². The van der Waals surface area contributed by atoms with Gasteiger partial charge in [-0.2, -0.15) is 5.10 Å². The van der Waals surface area contributed by atoms with E-state index in [1.54, 1.807) is 32.7 Å². The summed E-state index contributed by atoms with van der Waals surface area (Å²) in [6.07, 6.45) is 4.74. The molecule has 0 bridgehead atoms. The van der Waals surface area contributed by atoms with Crippen molar-refractivity contribution in [3.8, 4) is 0 Å². The first-order valence-corrected chi connectivity index (χ1v) is 13.8. The van der Waals surface area contributed by atoms with Crippen LogP contribution in [-0.4, -0.2) is 60.7 Å². The van der Waals surface area contributed by atoms with Gasteiger partial charge in [-0.15, -0.1) is 0 Å². The maximum atomic E-state index is 13.9. The molecule has 0 radical (unpaired) electrons. The molecule has 198 valence electrons. The summed E-state index contributed by atoms with van der Waals surface area (Å²) in [5.41, 5.74) is 4.46. The van der Waals surface area contributed by atoms with Crippen molar-refractivity contribution >= 4 is 35.0 Å². The summed E-state index contributed by atoms with van der Waals surface area (Å²) >= 11 is 12.2. The molecule has 3 aromatic rings. The van der Waals surface area contributed by atoms with Crippen LogP contribution in [0.3, 0.4) is 0 Å². The average Bonchev–Trinajstić information content (AvgIpc) is 3.70. The van der Waals surface area contributed by atoms with Crippen molar-refractivity contribution in [2.75, 3.05) is 13.2 Å². The fourth-order valence-electron chi connectivity index (χ4n) is 5.58. The Bertz CT molecular complexity index is 1420. The van der Waals surface area contributed by atoms with E-state index in [4.69, 9.17) is 28.3 Å². The van der Waals surface area contributed by atoms with Gasteiger partial charge in [-0.25, -0.2) is 0 Å². The third-order valence-electron chi connectivity index (χ3n) is 8.05. The molecule has 1 saturated carbocycles. The monoisotopic (exact) mass is 553 g/mol. The van der Waals surface area contributed by atoms with Gasteiger partial charge in [0, 0.05) is 47.9 Å². The lowest BCUT2D eigenvalue weighted by atomic mass is 9.96. The maximum absolute atomic E-state index is 13.9. The number of carbonyl (C=O) groups excluding carboxylic acids is 2. The largest absolute Gasteiger partial charge is 0.394 e. The first-order valence-electron chi connectivity index (χ1n) is 13.0. The van der Waals surface area contributed by atoms with Gasteiger partial charge in [0.25, 0.3) is 11.8 Å². The van der Waals surface area contributed by atoms with Crippen molar-refractivity contribution in [3.05, 3.63) is 80.3 Å². The van der Waals surface area contributed by atoms with Crippen molar-refractivity contribution in [1.29, 1.82) is 0 Å². The highest BCUT2D eigenvalue weighted by atomic mass is 35.5. The number of aliphatic hydroxyl groups is 1. The number of hydrogen-bond acceptors (Lipinski definition) is 5. The molecule has 6 rings (SSSR count). The van der Waals surface area contributed by atoms with Gasteiger partial charge in [-0.1, -0.05) is 29.3 Å². The van der Waals surface area contributed by atoms with Gasteiger partial charge < -0.3 is 14.9 Å². The molecule has 1 fully saturated rings. The molecule has 2 aromatic heterocycles. The zero-order valence-corrected chi connectivity index (χ0v) is 22.8. The van der Waals surface area contributed by atoms with E-state index < -0.39 is 0 Å². The molecule has 3 aliphatic rings. The summed E-state index contributed by atoms with van der Waals surface area (Å²) in [5, 5.41) is 15.7. The van der Waals surface area contributed by atoms with Gasteiger partial charge in [0.1, 0.15) is 5.69 Å². The van der Waals surface area contributed by atoms with Crippen molar-refractivity contribution < 1.29 is 14.7 Å². The van der Waals surface area contributed by atoms with E-state index in [9.17, 15) is 14.7 Å². The minimum absolute atomic E-state index is 0.129. The van der Waals surface area contributed by atoms with Gasteiger partial charge in [-0.05, 0) is 56.5 Å². The second-order valence-electron chi connectivity index (χ2n) is 10.6. The number of rotatable bonds is 5. The van der Waals surface area contributed by atoms with E-state index in [-0.39, 0.29) is 43.1 Å². The lowest BCUT2D eigenvalue weighted by Crippen LogP contribution is -2.46. The molecular weight excluding hydrogens is 525 g/mol. The molecule has 8 nitrogen and oxygen atoms in total. The Morgan fingerprint density at radius 2 is 1.97 bits per heavy atom. The number of halogens is 2. The Morgan fingerprint density at radius 1 is 1.18 bits per heavy atom. The quantitative estimate of drug-likeness (QED) is 0.490. The molecule has 0 spiro atoms. The van der Waals surface area contributed by atoms with Gasteiger partial charge in [-0.3, -0.25) is 19.3 Å². The third kappa shape index (κ3) is 4.28. The molecule has 2 amide bonds. The normalized spacial score (nSPS) is 21.8. The predicted molar refractivity (Wildman–Crippen MR) is 144 cm³/mol. The Kier molecular flexibility index (Phi) is 6.45. The summed E-state index contributed by atoms with van der Waals surface area (Å²) < 4.78 is 1.67. The van der Waals surface area contributed by atoms with E-state index in [1.165, 1.54) is 12.8 Å². The fourth-order valence-corrected chi connectivity index (χ4v) is 5.87. The standard InChI is InChI=1S/C28H29Cl2N5O3/c1-15-9-25-21(13-33(15)27(37)18-5-7-22(29)23(30)10-18)26-28(38)34(12-20(14-36)35(26)32-25)16(2)19-6-8-24(31-11-19)17-3-4-17/h5-8,10-11,15-17,20,36H,3-4,9,12-14H2,1-2H3/t15-,16?,20+/m1/s1. The lowest BCUT2D eigenvalue weighted by molar-refractivity contribution is 0.0513. The zero-order valence-electron chi connectivity index (χ0n) is 21.3. The molecule has 1 aromatic carbocycles. The molecule has 1 unspecified atom stereocenters. The van der Waals surface area contributed by atoms with Crippen LogP contribution >= 0.6 is 23.2 Å². The van der Waals surface area contributed by atoms with Crippen LogP contribution in [0.25, 0.3) is 0 Å². The van der Waals surface area contributed by atoms with Crippen LogP contribution in [0.15, 0.2) is 36.5 Å². The number of carbonyl (C=O) groups is 2. The number of hydrogen-bond donors (Lipinski definition) is 1. The minimum atomic E-state index is -0.371. The molecule has 2 aliphatic heterocycles. The van der Waals surface area contributed by atoms with Crippen LogP contribution in [0.4, 0.5) is 0 Å². The molecule has 1 aliphatic carbocycles. The van der Waals surface area contributed by atoms with E-state index >= 15 is 0 Å². The Balaban J connectivity index is 1.31. The molecule has 4 heterocycles. The first kappa shape index (κ1) is 25.3. The molecular formula is C28H29Cl2N5O3. The maximum Gasteiger partial charge on any atom is 0.273 e. The number of amides is 2. The fraction of sp³-hybridized carbons (Fsp3) is 0.429. The van der Waals surface area contributed by atoms with Crippen molar-refractivity contribution in [2.45, 2.75) is 63.7 Å². The Morgan fingerprint density at radius 3 is 2.63 bits per heavy atom. The topological polar surface area (TPSA) is 91.6 Å². The number of aromatic nitrogens is 3. The molecule has 10 heteroatoms. The highest BCUT2D eigenvalue weighted by Gasteiger charge is 2.41. The lowest BCUT2D eigenvalue weighted by Gasteiger charge is -2.38. The van der Waals surface area contributed by atoms with Crippen molar-refractivity contribution in [1.82, 2.24) is 24.6 Å². The van der Waals surface area contributed by atoms with E-state index in [2.05, 4.69) is 11.1 Å². The third-order valence-corrected chi connectivity index (χ3v) is 8.79. The Labute approximate surface area is 231 Å². The highest BCUT2D eigenvalue weighted by Crippen LogP contribution is 2.40. The van der Waals surface area contributed by atoms with Crippen LogP contribution in [0, 0.1) is 0 Å². The summed E-state index contributed by atoms with van der Waals surface area (Å²) in [5.74, 6) is 0.224. The first-order chi connectivity index (χ1) is 18.3. The SMILES string of the molecule is CC(c1ccc(C2CC2)nc1)N1C[C@@H](CO)n2nc3c(c2C1=O)CN(C(=O)c1ccc(Cl)c(Cl)c1)[C@H](C)C3.